The lowest BCUT2D eigenvalue weighted by Gasteiger charge is -2.10. The Morgan fingerprint density at radius 1 is 1.33 bits per heavy atom. The summed E-state index contributed by atoms with van der Waals surface area (Å²) in [6, 6.07) is 1.77. The second kappa shape index (κ2) is 9.89. The lowest BCUT2D eigenvalue weighted by molar-refractivity contribution is -0.113. The van der Waals surface area contributed by atoms with Crippen molar-refractivity contribution < 1.29 is 14.3 Å². The van der Waals surface area contributed by atoms with Gasteiger partial charge in [-0.15, -0.1) is 21.5 Å². The molecule has 0 fully saturated rings. The van der Waals surface area contributed by atoms with E-state index < -0.39 is 5.97 Å². The molecule has 0 aliphatic heterocycles. The van der Waals surface area contributed by atoms with Crippen molar-refractivity contribution in [2.24, 2.45) is 0 Å². The van der Waals surface area contributed by atoms with E-state index in [1.165, 1.54) is 30.2 Å². The molecule has 2 rings (SSSR count). The number of anilines is 1. The third-order valence-electron chi connectivity index (χ3n) is 3.83. The van der Waals surface area contributed by atoms with Crippen molar-refractivity contribution in [3.05, 3.63) is 22.3 Å². The molecule has 0 radical (unpaired) electrons. The van der Waals surface area contributed by atoms with Crippen molar-refractivity contribution in [3.8, 4) is 0 Å². The minimum absolute atomic E-state index is 0.188. The fraction of sp³-hybridized carbons (Fsp3) is 0.556. The number of rotatable bonds is 9. The van der Waals surface area contributed by atoms with Crippen molar-refractivity contribution in [2.45, 2.75) is 58.2 Å². The Morgan fingerprint density at radius 3 is 2.67 bits per heavy atom. The molecule has 9 heteroatoms. The normalized spacial score (nSPS) is 11.0. The lowest BCUT2D eigenvalue weighted by atomic mass is 10.2. The largest absolute Gasteiger partial charge is 0.465 e. The molecular formula is C18H26N4O3S2. The van der Waals surface area contributed by atoms with Gasteiger partial charge in [-0.1, -0.05) is 39.5 Å². The van der Waals surface area contributed by atoms with Crippen LogP contribution in [0.4, 0.5) is 5.00 Å². The maximum absolute atomic E-state index is 12.4. The molecule has 0 saturated heterocycles. The van der Waals surface area contributed by atoms with E-state index in [9.17, 15) is 9.59 Å². The maximum atomic E-state index is 12.4. The van der Waals surface area contributed by atoms with E-state index in [-0.39, 0.29) is 17.6 Å². The predicted octanol–water partition coefficient (Wildman–Crippen LogP) is 3.95. The Labute approximate surface area is 167 Å². The number of ether oxygens (including phenoxy) is 1. The number of carbonyl (C=O) groups excluding carboxylic acids is 2. The number of hydrogen-bond donors (Lipinski definition) is 1. The zero-order valence-corrected chi connectivity index (χ0v) is 18.0. The molecule has 148 valence electrons. The van der Waals surface area contributed by atoms with Gasteiger partial charge in [0.1, 0.15) is 10.8 Å². The summed E-state index contributed by atoms with van der Waals surface area (Å²) in [5.74, 6) is 0.761. The van der Waals surface area contributed by atoms with Crippen LogP contribution < -0.4 is 5.32 Å². The summed E-state index contributed by atoms with van der Waals surface area (Å²) in [5.41, 5.74) is 0.397. The second-order valence-corrected chi connectivity index (χ2v) is 8.36. The average Bonchev–Trinajstić information content (AvgIpc) is 3.23. The summed E-state index contributed by atoms with van der Waals surface area (Å²) in [6.45, 7) is 9.08. The van der Waals surface area contributed by atoms with Gasteiger partial charge in [0.2, 0.25) is 5.91 Å². The first kappa shape index (κ1) is 21.4. The minimum Gasteiger partial charge on any atom is -0.465 e. The molecule has 2 aromatic heterocycles. The molecule has 0 bridgehead atoms. The van der Waals surface area contributed by atoms with E-state index >= 15 is 0 Å². The standard InChI is InChI=1S/C18H26N4O3S2/c1-6-8-22-15(11(3)4)20-21-18(22)26-10-14(23)19-16-13(17(24)25-5)9-12(7-2)27-16/h9,11H,6-8,10H2,1-5H3,(H,19,23). The van der Waals surface area contributed by atoms with Gasteiger partial charge in [0.15, 0.2) is 5.16 Å². The third kappa shape index (κ3) is 5.32. The van der Waals surface area contributed by atoms with Gasteiger partial charge in [0, 0.05) is 17.3 Å². The number of aromatic nitrogens is 3. The van der Waals surface area contributed by atoms with Crippen molar-refractivity contribution in [1.82, 2.24) is 14.8 Å². The Kier molecular flexibility index (Phi) is 7.85. The molecular weight excluding hydrogens is 384 g/mol. The van der Waals surface area contributed by atoms with Crippen LogP contribution in [0.25, 0.3) is 0 Å². The molecule has 2 aromatic rings. The fourth-order valence-corrected chi connectivity index (χ4v) is 4.30. The zero-order chi connectivity index (χ0) is 20.0. The van der Waals surface area contributed by atoms with Crippen molar-refractivity contribution in [2.75, 3.05) is 18.2 Å². The maximum Gasteiger partial charge on any atom is 0.340 e. The summed E-state index contributed by atoms with van der Waals surface area (Å²) >= 11 is 2.75. The summed E-state index contributed by atoms with van der Waals surface area (Å²) in [4.78, 5) is 25.4. The Balaban J connectivity index is 2.07. The van der Waals surface area contributed by atoms with Crippen molar-refractivity contribution >= 4 is 40.0 Å². The van der Waals surface area contributed by atoms with E-state index in [1.807, 2.05) is 6.92 Å². The van der Waals surface area contributed by atoms with Crippen LogP contribution in [0.1, 0.15) is 61.1 Å². The lowest BCUT2D eigenvalue weighted by Crippen LogP contribution is -2.16. The molecule has 7 nitrogen and oxygen atoms in total. The highest BCUT2D eigenvalue weighted by Gasteiger charge is 2.19. The number of aryl methyl sites for hydroxylation is 1. The van der Waals surface area contributed by atoms with Crippen molar-refractivity contribution in [3.63, 3.8) is 0 Å². The summed E-state index contributed by atoms with van der Waals surface area (Å²) in [5, 5.41) is 12.6. The zero-order valence-electron chi connectivity index (χ0n) is 16.4. The number of amides is 1. The molecule has 0 atom stereocenters. The number of nitrogens with zero attached hydrogens (tertiary/aromatic N) is 3. The molecule has 27 heavy (non-hydrogen) atoms. The number of thiophene rings is 1. The van der Waals surface area contributed by atoms with Crippen molar-refractivity contribution in [1.29, 1.82) is 0 Å². The number of esters is 1. The van der Waals surface area contributed by atoms with Crippen LogP contribution in [0.3, 0.4) is 0 Å². The van der Waals surface area contributed by atoms with Crippen LogP contribution in [0.15, 0.2) is 11.2 Å². The summed E-state index contributed by atoms with van der Waals surface area (Å²) in [7, 11) is 1.33. The summed E-state index contributed by atoms with van der Waals surface area (Å²) < 4.78 is 6.88. The molecule has 0 spiro atoms. The third-order valence-corrected chi connectivity index (χ3v) is 5.99. The molecule has 0 aliphatic carbocycles. The number of hydrogen-bond acceptors (Lipinski definition) is 7. The van der Waals surface area contributed by atoms with Crippen LogP contribution in [0, 0.1) is 0 Å². The van der Waals surface area contributed by atoms with Gasteiger partial charge in [0.25, 0.3) is 0 Å². The van der Waals surface area contributed by atoms with Crippen LogP contribution in [0.2, 0.25) is 0 Å². The number of carbonyl (C=O) groups is 2. The van der Waals surface area contributed by atoms with Gasteiger partial charge in [-0.3, -0.25) is 4.79 Å². The predicted molar refractivity (Wildman–Crippen MR) is 109 cm³/mol. The van der Waals surface area contributed by atoms with Gasteiger partial charge in [0.05, 0.1) is 18.4 Å². The van der Waals surface area contributed by atoms with Gasteiger partial charge in [-0.05, 0) is 18.9 Å². The molecule has 0 saturated carbocycles. The first-order valence-corrected chi connectivity index (χ1v) is 10.8. The highest BCUT2D eigenvalue weighted by atomic mass is 32.2. The van der Waals surface area contributed by atoms with E-state index in [0.717, 1.165) is 35.2 Å². The average molecular weight is 411 g/mol. The quantitative estimate of drug-likeness (QED) is 0.497. The molecule has 0 aliphatic rings. The van der Waals surface area contributed by atoms with Gasteiger partial charge < -0.3 is 14.6 Å². The Morgan fingerprint density at radius 2 is 2.07 bits per heavy atom. The molecule has 2 heterocycles. The molecule has 1 amide bonds. The minimum atomic E-state index is -0.446. The highest BCUT2D eigenvalue weighted by Crippen LogP contribution is 2.30. The van der Waals surface area contributed by atoms with Crippen LogP contribution >= 0.6 is 23.1 Å². The van der Waals surface area contributed by atoms with Crippen LogP contribution in [-0.4, -0.2) is 39.5 Å². The summed E-state index contributed by atoms with van der Waals surface area (Å²) in [6.07, 6.45) is 1.76. The second-order valence-electron chi connectivity index (χ2n) is 6.28. The van der Waals surface area contributed by atoms with Crippen LogP contribution in [0.5, 0.6) is 0 Å². The molecule has 1 N–H and O–H groups in total. The first-order chi connectivity index (χ1) is 12.9. The SMILES string of the molecule is CCCn1c(SCC(=O)Nc2sc(CC)cc2C(=O)OC)nnc1C(C)C. The van der Waals surface area contributed by atoms with Gasteiger partial charge >= 0.3 is 5.97 Å². The molecule has 0 aromatic carbocycles. The highest BCUT2D eigenvalue weighted by molar-refractivity contribution is 7.99. The monoisotopic (exact) mass is 410 g/mol. The van der Waals surface area contributed by atoms with E-state index in [1.54, 1.807) is 6.07 Å². The van der Waals surface area contributed by atoms with E-state index in [2.05, 4.69) is 40.9 Å². The fourth-order valence-electron chi connectivity index (χ4n) is 2.53. The Hall–Kier alpha value is -1.87. The van der Waals surface area contributed by atoms with E-state index in [4.69, 9.17) is 4.74 Å². The van der Waals surface area contributed by atoms with E-state index in [0.29, 0.717) is 10.6 Å². The number of nitrogens with one attached hydrogen (secondary N) is 1. The number of thioether (sulfide) groups is 1. The molecule has 0 unspecified atom stereocenters. The Bertz CT molecular complexity index is 799. The van der Waals surface area contributed by atoms with Gasteiger partial charge in [-0.25, -0.2) is 4.79 Å². The first-order valence-electron chi connectivity index (χ1n) is 8.97. The van der Waals surface area contributed by atoms with Crippen LogP contribution in [-0.2, 0) is 22.5 Å². The smallest absolute Gasteiger partial charge is 0.340 e. The van der Waals surface area contributed by atoms with Gasteiger partial charge in [-0.2, -0.15) is 0 Å². The number of methoxy groups -OCH3 is 1. The topological polar surface area (TPSA) is 86.1 Å².